The Labute approximate surface area is 128 Å². The summed E-state index contributed by atoms with van der Waals surface area (Å²) in [7, 11) is 0. The molecule has 2 heterocycles. The normalized spacial score (nSPS) is 11.9. The minimum Gasteiger partial charge on any atom is -0.341 e. The molecule has 0 radical (unpaired) electrons. The van der Waals surface area contributed by atoms with Gasteiger partial charge in [-0.05, 0) is 24.6 Å². The van der Waals surface area contributed by atoms with Crippen LogP contribution in [0.2, 0.25) is 0 Å². The van der Waals surface area contributed by atoms with Gasteiger partial charge in [-0.25, -0.2) is 9.66 Å². The van der Waals surface area contributed by atoms with Crippen molar-refractivity contribution in [1.29, 1.82) is 0 Å². The molecule has 22 heavy (non-hydrogen) atoms. The van der Waals surface area contributed by atoms with Crippen LogP contribution in [0.1, 0.15) is 12.5 Å². The lowest BCUT2D eigenvalue weighted by Crippen LogP contribution is -1.94. The van der Waals surface area contributed by atoms with Crippen LogP contribution in [0.5, 0.6) is 0 Å². The molecule has 0 amide bonds. The Hall–Kier alpha value is -2.88. The lowest BCUT2D eigenvalue weighted by Gasteiger charge is -2.03. The second-order valence-corrected chi connectivity index (χ2v) is 5.23. The number of nitrogens with zero attached hydrogens (tertiary/aromatic N) is 4. The predicted octanol–water partition coefficient (Wildman–Crippen LogP) is 3.89. The zero-order chi connectivity index (χ0) is 14.9. The highest BCUT2D eigenvalue weighted by Crippen LogP contribution is 2.29. The molecule has 0 aliphatic heterocycles. The number of para-hydroxylation sites is 1. The van der Waals surface area contributed by atoms with Crippen molar-refractivity contribution in [2.75, 3.05) is 0 Å². The third kappa shape index (κ3) is 2.00. The Morgan fingerprint density at radius 2 is 1.95 bits per heavy atom. The zero-order valence-corrected chi connectivity index (χ0v) is 12.3. The third-order valence-corrected chi connectivity index (χ3v) is 3.94. The van der Waals surface area contributed by atoms with Crippen LogP contribution in [-0.4, -0.2) is 20.4 Å². The summed E-state index contributed by atoms with van der Waals surface area (Å²) in [5.74, 6) is 0. The first-order chi connectivity index (χ1) is 10.9. The summed E-state index contributed by atoms with van der Waals surface area (Å²) in [5, 5.41) is 6.96. The van der Waals surface area contributed by atoms with Gasteiger partial charge in [0.25, 0.3) is 0 Å². The minimum absolute atomic E-state index is 0.951. The van der Waals surface area contributed by atoms with Gasteiger partial charge in [0, 0.05) is 40.7 Å². The summed E-state index contributed by atoms with van der Waals surface area (Å²) in [6.45, 7) is 3.13. The smallest absolute Gasteiger partial charge is 0.116 e. The van der Waals surface area contributed by atoms with E-state index >= 15 is 0 Å². The molecule has 0 spiro atoms. The van der Waals surface area contributed by atoms with Crippen molar-refractivity contribution in [1.82, 2.24) is 14.2 Å². The second kappa shape index (κ2) is 5.15. The Kier molecular flexibility index (Phi) is 3.00. The average molecular weight is 288 g/mol. The maximum atomic E-state index is 4.37. The van der Waals surface area contributed by atoms with Gasteiger partial charge in [0.2, 0.25) is 0 Å². The van der Waals surface area contributed by atoms with Gasteiger partial charge in [0.1, 0.15) is 6.33 Å². The maximum absolute atomic E-state index is 4.37. The van der Waals surface area contributed by atoms with Crippen molar-refractivity contribution in [3.63, 3.8) is 0 Å². The van der Waals surface area contributed by atoms with Crippen LogP contribution >= 0.6 is 0 Å². The predicted molar refractivity (Wildman–Crippen MR) is 90.3 cm³/mol. The standard InChI is InChI=1S/C18H16N4/c1-2-22-17-6-4-3-5-15(17)16-8-7-14(11-18(16)22)12-20-21-10-9-19-13-21/h3-13H,2H2,1H3/b20-12+. The number of aryl methyl sites for hydroxylation is 1. The monoisotopic (exact) mass is 288 g/mol. The van der Waals surface area contributed by atoms with E-state index in [1.54, 1.807) is 17.2 Å². The molecule has 0 aliphatic rings. The second-order valence-electron chi connectivity index (χ2n) is 5.23. The molecule has 0 bridgehead atoms. The number of imidazole rings is 1. The van der Waals surface area contributed by atoms with Gasteiger partial charge >= 0.3 is 0 Å². The molecule has 108 valence electrons. The van der Waals surface area contributed by atoms with Gasteiger partial charge < -0.3 is 4.57 Å². The molecule has 0 aliphatic carbocycles. The summed E-state index contributed by atoms with van der Waals surface area (Å²) in [4.78, 5) is 3.99. The fourth-order valence-corrected chi connectivity index (χ4v) is 2.94. The average Bonchev–Trinajstić information content (AvgIpc) is 3.18. The van der Waals surface area contributed by atoms with E-state index in [2.05, 4.69) is 64.0 Å². The van der Waals surface area contributed by atoms with Crippen LogP contribution < -0.4 is 0 Å². The molecule has 0 saturated carbocycles. The Morgan fingerprint density at radius 1 is 1.09 bits per heavy atom. The van der Waals surface area contributed by atoms with Gasteiger partial charge in [0.05, 0.1) is 6.21 Å². The highest BCUT2D eigenvalue weighted by molar-refractivity contribution is 6.09. The van der Waals surface area contributed by atoms with E-state index in [1.807, 2.05) is 12.4 Å². The molecule has 2 aromatic carbocycles. The molecular weight excluding hydrogens is 272 g/mol. The van der Waals surface area contributed by atoms with Crippen molar-refractivity contribution in [2.24, 2.45) is 5.10 Å². The molecule has 4 aromatic rings. The fourth-order valence-electron chi connectivity index (χ4n) is 2.94. The molecule has 4 heteroatoms. The van der Waals surface area contributed by atoms with Crippen LogP contribution in [0.3, 0.4) is 0 Å². The lowest BCUT2D eigenvalue weighted by molar-refractivity contribution is 0.827. The SMILES string of the molecule is CCn1c2ccccc2c2ccc(/C=N/n3ccnc3)cc21. The Bertz CT molecular complexity index is 962. The maximum Gasteiger partial charge on any atom is 0.116 e. The molecule has 2 aromatic heterocycles. The van der Waals surface area contributed by atoms with E-state index in [4.69, 9.17) is 0 Å². The molecule has 0 unspecified atom stereocenters. The van der Waals surface area contributed by atoms with Gasteiger partial charge in [-0.1, -0.05) is 30.3 Å². The van der Waals surface area contributed by atoms with Gasteiger partial charge in [-0.15, -0.1) is 0 Å². The highest BCUT2D eigenvalue weighted by Gasteiger charge is 2.08. The quantitative estimate of drug-likeness (QED) is 0.527. The van der Waals surface area contributed by atoms with Crippen molar-refractivity contribution >= 4 is 28.0 Å². The molecule has 0 fully saturated rings. The van der Waals surface area contributed by atoms with Crippen LogP contribution in [0.25, 0.3) is 21.8 Å². The topological polar surface area (TPSA) is 35.1 Å². The zero-order valence-electron chi connectivity index (χ0n) is 12.3. The fraction of sp³-hybridized carbons (Fsp3) is 0.111. The van der Waals surface area contributed by atoms with E-state index in [1.165, 1.54) is 21.8 Å². The molecule has 4 rings (SSSR count). The minimum atomic E-state index is 0.951. The van der Waals surface area contributed by atoms with E-state index < -0.39 is 0 Å². The Balaban J connectivity index is 1.88. The molecule has 0 atom stereocenters. The molecule has 0 N–H and O–H groups in total. The van der Waals surface area contributed by atoms with Crippen LogP contribution in [0, 0.1) is 0 Å². The summed E-state index contributed by atoms with van der Waals surface area (Å²) < 4.78 is 4.04. The number of benzene rings is 2. The van der Waals surface area contributed by atoms with E-state index in [0.29, 0.717) is 0 Å². The lowest BCUT2D eigenvalue weighted by atomic mass is 10.1. The van der Waals surface area contributed by atoms with Gasteiger partial charge in [0.15, 0.2) is 0 Å². The molecular formula is C18H16N4. The van der Waals surface area contributed by atoms with Gasteiger partial charge in [-0.2, -0.15) is 5.10 Å². The van der Waals surface area contributed by atoms with Crippen LogP contribution in [0.4, 0.5) is 0 Å². The van der Waals surface area contributed by atoms with Crippen LogP contribution in [0.15, 0.2) is 66.3 Å². The van der Waals surface area contributed by atoms with Crippen molar-refractivity contribution in [3.05, 3.63) is 66.7 Å². The molecule has 4 nitrogen and oxygen atoms in total. The summed E-state index contributed by atoms with van der Waals surface area (Å²) in [6.07, 6.45) is 7.07. The van der Waals surface area contributed by atoms with E-state index in [-0.39, 0.29) is 0 Å². The molecule has 0 saturated heterocycles. The Morgan fingerprint density at radius 3 is 2.77 bits per heavy atom. The number of hydrogen-bond donors (Lipinski definition) is 0. The van der Waals surface area contributed by atoms with Crippen molar-refractivity contribution in [2.45, 2.75) is 13.5 Å². The number of fused-ring (bicyclic) bond motifs is 3. The number of hydrogen-bond acceptors (Lipinski definition) is 2. The summed E-state index contributed by atoms with van der Waals surface area (Å²) in [6, 6.07) is 15.0. The van der Waals surface area contributed by atoms with Crippen LogP contribution in [-0.2, 0) is 6.54 Å². The summed E-state index contributed by atoms with van der Waals surface area (Å²) in [5.41, 5.74) is 3.61. The summed E-state index contributed by atoms with van der Waals surface area (Å²) >= 11 is 0. The van der Waals surface area contributed by atoms with Crippen molar-refractivity contribution in [3.8, 4) is 0 Å². The third-order valence-electron chi connectivity index (χ3n) is 3.94. The van der Waals surface area contributed by atoms with E-state index in [0.717, 1.165) is 12.1 Å². The van der Waals surface area contributed by atoms with Crippen molar-refractivity contribution < 1.29 is 0 Å². The number of aromatic nitrogens is 3. The first-order valence-corrected chi connectivity index (χ1v) is 7.40. The first kappa shape index (κ1) is 12.8. The first-order valence-electron chi connectivity index (χ1n) is 7.40. The highest BCUT2D eigenvalue weighted by atomic mass is 15.3. The number of rotatable bonds is 3. The largest absolute Gasteiger partial charge is 0.341 e. The van der Waals surface area contributed by atoms with E-state index in [9.17, 15) is 0 Å². The van der Waals surface area contributed by atoms with Gasteiger partial charge in [-0.3, -0.25) is 0 Å².